The number of aliphatic hydroxyl groups excluding tert-OH is 1. The fraction of sp³-hybridized carbons (Fsp3) is 0.261. The first kappa shape index (κ1) is 27.2. The van der Waals surface area contributed by atoms with Crippen LogP contribution in [0.15, 0.2) is 53.7 Å². The topological polar surface area (TPSA) is 116 Å². The van der Waals surface area contributed by atoms with Gasteiger partial charge in [0, 0.05) is 43.2 Å². The van der Waals surface area contributed by atoms with E-state index in [0.717, 1.165) is 16.6 Å². The summed E-state index contributed by atoms with van der Waals surface area (Å²) in [6.45, 7) is -0.00812. The van der Waals surface area contributed by atoms with Gasteiger partial charge in [0.25, 0.3) is 10.0 Å². The number of aliphatic hydroxyl groups is 1. The summed E-state index contributed by atoms with van der Waals surface area (Å²) in [5, 5.41) is 18.4. The third-order valence-corrected chi connectivity index (χ3v) is 7.15. The summed E-state index contributed by atoms with van der Waals surface area (Å²) in [5.74, 6) is -0.00279. The Kier molecular flexibility index (Phi) is 8.39. The Morgan fingerprint density at radius 1 is 1.17 bits per heavy atom. The first-order chi connectivity index (χ1) is 17.0. The van der Waals surface area contributed by atoms with E-state index >= 15 is 0 Å². The van der Waals surface area contributed by atoms with Crippen LogP contribution in [0.2, 0.25) is 5.02 Å². The van der Waals surface area contributed by atoms with E-state index in [1.54, 1.807) is 18.2 Å². The summed E-state index contributed by atoms with van der Waals surface area (Å²) >= 11 is 6.38. The number of alkyl halides is 3. The molecule has 0 saturated carbocycles. The second-order valence-corrected chi connectivity index (χ2v) is 9.79. The Hall–Kier alpha value is -3.40. The molecule has 190 valence electrons. The standard InChI is InChI=1S/C23H20ClF3N4O4S/c1-31(22-6-2-3-7-29-22)36(33,34)20-11-16(18(24)12-19(20)35-9-5-4-8-32)17-14-30-21(23(25,26)27)10-15(17)13-28/h2-3,6-7,10-12,14,32H,4-5,8-9H2,1H3. The van der Waals surface area contributed by atoms with Crippen LogP contribution in [0.4, 0.5) is 19.0 Å². The van der Waals surface area contributed by atoms with Crippen molar-refractivity contribution in [1.82, 2.24) is 9.97 Å². The number of pyridine rings is 2. The van der Waals surface area contributed by atoms with Crippen molar-refractivity contribution in [1.29, 1.82) is 5.26 Å². The maximum absolute atomic E-state index is 13.6. The van der Waals surface area contributed by atoms with Crippen LogP contribution in [-0.4, -0.2) is 43.8 Å². The van der Waals surface area contributed by atoms with Gasteiger partial charge in [0.2, 0.25) is 0 Å². The lowest BCUT2D eigenvalue weighted by molar-refractivity contribution is -0.141. The Morgan fingerprint density at radius 3 is 2.53 bits per heavy atom. The molecule has 0 aliphatic rings. The molecule has 3 aromatic rings. The fourth-order valence-electron chi connectivity index (χ4n) is 3.18. The van der Waals surface area contributed by atoms with Crippen molar-refractivity contribution in [2.45, 2.75) is 23.9 Å². The van der Waals surface area contributed by atoms with Crippen molar-refractivity contribution in [3.8, 4) is 22.9 Å². The highest BCUT2D eigenvalue weighted by molar-refractivity contribution is 7.92. The second-order valence-electron chi connectivity index (χ2n) is 7.44. The van der Waals surface area contributed by atoms with Crippen molar-refractivity contribution < 1.29 is 31.4 Å². The minimum absolute atomic E-state index is 0.0230. The van der Waals surface area contributed by atoms with Crippen molar-refractivity contribution in [2.24, 2.45) is 0 Å². The zero-order valence-electron chi connectivity index (χ0n) is 18.8. The molecule has 8 nitrogen and oxygen atoms in total. The number of sulfonamides is 1. The van der Waals surface area contributed by atoms with Crippen molar-refractivity contribution in [3.05, 3.63) is 65.1 Å². The number of hydrogen-bond donors (Lipinski definition) is 1. The van der Waals surface area contributed by atoms with E-state index in [1.165, 1.54) is 25.4 Å². The van der Waals surface area contributed by atoms with E-state index in [-0.39, 0.29) is 45.8 Å². The second kappa shape index (κ2) is 11.1. The van der Waals surface area contributed by atoms with Gasteiger partial charge in [-0.2, -0.15) is 18.4 Å². The zero-order valence-corrected chi connectivity index (χ0v) is 20.4. The van der Waals surface area contributed by atoms with Crippen LogP contribution in [0.5, 0.6) is 5.75 Å². The van der Waals surface area contributed by atoms with E-state index in [0.29, 0.717) is 18.9 Å². The monoisotopic (exact) mass is 540 g/mol. The lowest BCUT2D eigenvalue weighted by Crippen LogP contribution is -2.28. The Balaban J connectivity index is 2.18. The molecule has 0 radical (unpaired) electrons. The van der Waals surface area contributed by atoms with Crippen molar-refractivity contribution in [2.75, 3.05) is 24.6 Å². The van der Waals surface area contributed by atoms with Gasteiger partial charge in [-0.25, -0.2) is 13.4 Å². The predicted molar refractivity (Wildman–Crippen MR) is 126 cm³/mol. The summed E-state index contributed by atoms with van der Waals surface area (Å²) in [7, 11) is -3.03. The van der Waals surface area contributed by atoms with E-state index in [4.69, 9.17) is 21.4 Å². The summed E-state index contributed by atoms with van der Waals surface area (Å²) in [6.07, 6.45) is -1.70. The number of rotatable bonds is 9. The first-order valence-electron chi connectivity index (χ1n) is 10.5. The number of hydrogen-bond acceptors (Lipinski definition) is 7. The SMILES string of the molecule is CN(c1ccccn1)S(=O)(=O)c1cc(-c2cnc(C(F)(F)F)cc2C#N)c(Cl)cc1OCCCCO. The van der Waals surface area contributed by atoms with Gasteiger partial charge in [-0.15, -0.1) is 0 Å². The third-order valence-electron chi connectivity index (χ3n) is 5.06. The molecule has 36 heavy (non-hydrogen) atoms. The number of halogens is 4. The summed E-state index contributed by atoms with van der Waals surface area (Å²) in [4.78, 5) is 7.08. The van der Waals surface area contributed by atoms with Crippen LogP contribution in [0.1, 0.15) is 24.1 Å². The molecule has 0 bridgehead atoms. The molecule has 2 heterocycles. The van der Waals surface area contributed by atoms with Gasteiger partial charge < -0.3 is 9.84 Å². The average Bonchev–Trinajstić information content (AvgIpc) is 2.85. The average molecular weight is 541 g/mol. The van der Waals surface area contributed by atoms with Crippen molar-refractivity contribution >= 4 is 27.4 Å². The van der Waals surface area contributed by atoms with Gasteiger partial charge in [-0.3, -0.25) is 9.29 Å². The highest BCUT2D eigenvalue weighted by Crippen LogP contribution is 2.40. The number of aromatic nitrogens is 2. The first-order valence-corrected chi connectivity index (χ1v) is 12.3. The van der Waals surface area contributed by atoms with Gasteiger partial charge in [-0.1, -0.05) is 17.7 Å². The highest BCUT2D eigenvalue weighted by Gasteiger charge is 2.34. The van der Waals surface area contributed by atoms with E-state index in [2.05, 4.69) is 9.97 Å². The Labute approximate surface area is 210 Å². The molecule has 0 unspecified atom stereocenters. The molecule has 0 atom stereocenters. The van der Waals surface area contributed by atoms with Crippen LogP contribution >= 0.6 is 11.6 Å². The van der Waals surface area contributed by atoms with Gasteiger partial charge in [0.05, 0.1) is 23.3 Å². The number of ether oxygens (including phenoxy) is 1. The quantitative estimate of drug-likeness (QED) is 0.392. The normalized spacial score (nSPS) is 11.7. The van der Waals surface area contributed by atoms with Gasteiger partial charge >= 0.3 is 6.18 Å². The molecule has 0 aliphatic carbocycles. The molecular weight excluding hydrogens is 521 g/mol. The van der Waals surface area contributed by atoms with E-state index in [1.807, 2.05) is 0 Å². The van der Waals surface area contributed by atoms with Crippen LogP contribution in [0.3, 0.4) is 0 Å². The molecule has 0 amide bonds. The molecular formula is C23H20ClF3N4O4S. The number of benzene rings is 1. The number of nitrogens with zero attached hydrogens (tertiary/aromatic N) is 4. The molecule has 1 N–H and O–H groups in total. The number of unbranched alkanes of at least 4 members (excludes halogenated alkanes) is 1. The predicted octanol–water partition coefficient (Wildman–Crippen LogP) is 4.66. The third kappa shape index (κ3) is 5.87. The highest BCUT2D eigenvalue weighted by atomic mass is 35.5. The maximum Gasteiger partial charge on any atom is 0.433 e. The fourth-order valence-corrected chi connectivity index (χ4v) is 4.72. The summed E-state index contributed by atoms with van der Waals surface area (Å²) < 4.78 is 73.0. The van der Waals surface area contributed by atoms with Crippen LogP contribution in [0.25, 0.3) is 11.1 Å². The molecule has 3 rings (SSSR count). The molecule has 1 aromatic carbocycles. The Bertz CT molecular complexity index is 1380. The summed E-state index contributed by atoms with van der Waals surface area (Å²) in [5.41, 5.74) is -1.77. The maximum atomic E-state index is 13.6. The smallest absolute Gasteiger partial charge is 0.433 e. The van der Waals surface area contributed by atoms with Crippen molar-refractivity contribution in [3.63, 3.8) is 0 Å². The molecule has 0 spiro atoms. The lowest BCUT2D eigenvalue weighted by atomic mass is 10.0. The van der Waals surface area contributed by atoms with Gasteiger partial charge in [-0.05, 0) is 37.1 Å². The Morgan fingerprint density at radius 2 is 1.92 bits per heavy atom. The number of anilines is 1. The van der Waals surface area contributed by atoms with Gasteiger partial charge in [0.1, 0.15) is 22.2 Å². The van der Waals surface area contributed by atoms with Crippen LogP contribution in [0, 0.1) is 11.3 Å². The molecule has 0 aliphatic heterocycles. The zero-order chi connectivity index (χ0) is 26.5. The van der Waals surface area contributed by atoms with E-state index < -0.39 is 27.5 Å². The number of nitriles is 1. The van der Waals surface area contributed by atoms with E-state index in [9.17, 15) is 26.9 Å². The van der Waals surface area contributed by atoms with Crippen LogP contribution in [-0.2, 0) is 16.2 Å². The largest absolute Gasteiger partial charge is 0.492 e. The molecule has 0 fully saturated rings. The summed E-state index contributed by atoms with van der Waals surface area (Å²) in [6, 6.07) is 9.28. The minimum Gasteiger partial charge on any atom is -0.492 e. The lowest BCUT2D eigenvalue weighted by Gasteiger charge is -2.22. The molecule has 13 heteroatoms. The van der Waals surface area contributed by atoms with Crippen LogP contribution < -0.4 is 9.04 Å². The van der Waals surface area contributed by atoms with Gasteiger partial charge in [0.15, 0.2) is 0 Å². The minimum atomic E-state index is -4.78. The molecule has 0 saturated heterocycles. The molecule has 2 aromatic heterocycles.